The van der Waals surface area contributed by atoms with Crippen molar-refractivity contribution in [3.05, 3.63) is 65.7 Å². The molecule has 0 aliphatic carbocycles. The van der Waals surface area contributed by atoms with Crippen LogP contribution in [0.1, 0.15) is 11.1 Å². The Kier molecular flexibility index (Phi) is 3.27. The number of nitrogens with zero attached hydrogens (tertiary/aromatic N) is 1. The summed E-state index contributed by atoms with van der Waals surface area (Å²) in [6.07, 6.45) is 0.836. The van der Waals surface area contributed by atoms with Crippen LogP contribution in [-0.4, -0.2) is 6.01 Å². The van der Waals surface area contributed by atoms with E-state index < -0.39 is 0 Å². The Morgan fingerprint density at radius 3 is 2.38 bits per heavy atom. The van der Waals surface area contributed by atoms with Crippen LogP contribution in [0, 0.1) is 5.41 Å². The number of hydrogen-bond acceptors (Lipinski definition) is 2. The van der Waals surface area contributed by atoms with Gasteiger partial charge < -0.3 is 0 Å². The zero-order valence-corrected chi connectivity index (χ0v) is 8.85. The molecule has 78 valence electrons. The molecule has 0 spiro atoms. The molecule has 0 amide bonds. The first-order valence-corrected chi connectivity index (χ1v) is 5.14. The molecule has 0 aromatic heterocycles. The fraction of sp³-hybridized carbons (Fsp3) is 0.0714. The summed E-state index contributed by atoms with van der Waals surface area (Å²) in [6, 6.07) is 20.2. The zero-order valence-electron chi connectivity index (χ0n) is 8.85. The van der Waals surface area contributed by atoms with E-state index in [4.69, 9.17) is 5.41 Å². The summed E-state index contributed by atoms with van der Waals surface area (Å²) in [5, 5.41) is 6.90. The van der Waals surface area contributed by atoms with Crippen LogP contribution in [0.5, 0.6) is 0 Å². The molecule has 0 bridgehead atoms. The van der Waals surface area contributed by atoms with Gasteiger partial charge in [0.25, 0.3) is 0 Å². The third-order valence-corrected chi connectivity index (χ3v) is 2.41. The summed E-state index contributed by atoms with van der Waals surface area (Å²) < 4.78 is 0. The van der Waals surface area contributed by atoms with E-state index in [1.54, 1.807) is 0 Å². The van der Waals surface area contributed by atoms with Gasteiger partial charge in [-0.2, -0.15) is 4.99 Å². The van der Waals surface area contributed by atoms with Crippen molar-refractivity contribution in [2.45, 2.75) is 6.42 Å². The van der Waals surface area contributed by atoms with Gasteiger partial charge in [0.1, 0.15) is 0 Å². The van der Waals surface area contributed by atoms with Crippen LogP contribution in [0.3, 0.4) is 0 Å². The predicted octanol–water partition coefficient (Wildman–Crippen LogP) is 3.66. The molecule has 0 fully saturated rings. The molecule has 0 saturated carbocycles. The number of aliphatic imine (C=N–C) groups is 1. The molecule has 0 unspecified atom stereocenters. The molecule has 0 heterocycles. The predicted molar refractivity (Wildman–Crippen MR) is 65.5 cm³/mol. The molecule has 2 nitrogen and oxygen atoms in total. The Morgan fingerprint density at radius 1 is 0.938 bits per heavy atom. The molecule has 0 saturated heterocycles. The van der Waals surface area contributed by atoms with Crippen LogP contribution in [0.4, 0.5) is 5.69 Å². The van der Waals surface area contributed by atoms with Crippen molar-refractivity contribution < 1.29 is 0 Å². The Morgan fingerprint density at radius 2 is 1.62 bits per heavy atom. The van der Waals surface area contributed by atoms with Gasteiger partial charge in [-0.25, -0.2) is 5.41 Å². The second-order valence-electron chi connectivity index (χ2n) is 3.51. The maximum Gasteiger partial charge on any atom is 0.0918 e. The van der Waals surface area contributed by atoms with E-state index in [0.717, 1.165) is 17.7 Å². The van der Waals surface area contributed by atoms with Crippen molar-refractivity contribution in [2.75, 3.05) is 0 Å². The minimum Gasteiger partial charge on any atom is -0.241 e. The highest BCUT2D eigenvalue weighted by Crippen LogP contribution is 2.21. The van der Waals surface area contributed by atoms with Gasteiger partial charge in [0.15, 0.2) is 0 Å². The van der Waals surface area contributed by atoms with Crippen LogP contribution in [0.2, 0.25) is 0 Å². The molecular weight excluding hydrogens is 196 g/mol. The van der Waals surface area contributed by atoms with E-state index in [1.165, 1.54) is 5.56 Å². The SMILES string of the molecule is N=C=Nc1ccccc1Cc1ccccc1. The van der Waals surface area contributed by atoms with E-state index >= 15 is 0 Å². The van der Waals surface area contributed by atoms with E-state index in [2.05, 4.69) is 23.1 Å². The van der Waals surface area contributed by atoms with Crippen molar-refractivity contribution in [2.24, 2.45) is 4.99 Å². The fourth-order valence-corrected chi connectivity index (χ4v) is 1.65. The highest BCUT2D eigenvalue weighted by molar-refractivity contribution is 5.55. The lowest BCUT2D eigenvalue weighted by atomic mass is 10.0. The van der Waals surface area contributed by atoms with Gasteiger partial charge >= 0.3 is 0 Å². The van der Waals surface area contributed by atoms with Crippen molar-refractivity contribution >= 4 is 11.7 Å². The first-order valence-electron chi connectivity index (χ1n) is 5.14. The minimum atomic E-state index is 0.821. The second-order valence-corrected chi connectivity index (χ2v) is 3.51. The quantitative estimate of drug-likeness (QED) is 0.747. The van der Waals surface area contributed by atoms with E-state index in [0.29, 0.717) is 0 Å². The van der Waals surface area contributed by atoms with Crippen molar-refractivity contribution in [3.63, 3.8) is 0 Å². The average Bonchev–Trinajstić information content (AvgIpc) is 2.33. The third kappa shape index (κ3) is 2.44. The fourth-order valence-electron chi connectivity index (χ4n) is 1.65. The molecule has 16 heavy (non-hydrogen) atoms. The van der Waals surface area contributed by atoms with Gasteiger partial charge in [0, 0.05) is 0 Å². The molecular formula is C14H12N2. The average molecular weight is 208 g/mol. The smallest absolute Gasteiger partial charge is 0.0918 e. The van der Waals surface area contributed by atoms with Gasteiger partial charge in [0.05, 0.1) is 11.7 Å². The van der Waals surface area contributed by atoms with Gasteiger partial charge in [-0.3, -0.25) is 0 Å². The zero-order chi connectivity index (χ0) is 11.2. The standard InChI is InChI=1S/C14H12N2/c15-11-16-14-9-5-4-8-13(14)10-12-6-2-1-3-7-12/h1-9,15H,10H2. The third-order valence-electron chi connectivity index (χ3n) is 2.41. The van der Waals surface area contributed by atoms with Crippen LogP contribution in [-0.2, 0) is 6.42 Å². The summed E-state index contributed by atoms with van der Waals surface area (Å²) in [5.74, 6) is 0. The summed E-state index contributed by atoms with van der Waals surface area (Å²) in [4.78, 5) is 3.92. The molecule has 0 radical (unpaired) electrons. The molecule has 1 N–H and O–H groups in total. The molecule has 0 atom stereocenters. The van der Waals surface area contributed by atoms with E-state index in [9.17, 15) is 0 Å². The highest BCUT2D eigenvalue weighted by atomic mass is 14.7. The normalized spacial score (nSPS) is 9.50. The monoisotopic (exact) mass is 208 g/mol. The molecule has 0 aliphatic heterocycles. The number of para-hydroxylation sites is 1. The second kappa shape index (κ2) is 5.06. The van der Waals surface area contributed by atoms with Crippen LogP contribution in [0.25, 0.3) is 0 Å². The highest BCUT2D eigenvalue weighted by Gasteiger charge is 2.00. The summed E-state index contributed by atoms with van der Waals surface area (Å²) >= 11 is 0. The first kappa shape index (κ1) is 10.3. The van der Waals surface area contributed by atoms with E-state index in [1.807, 2.05) is 42.5 Å². The number of rotatable bonds is 3. The maximum absolute atomic E-state index is 6.90. The first-order chi connectivity index (χ1) is 7.90. The van der Waals surface area contributed by atoms with Crippen LogP contribution < -0.4 is 0 Å². The number of hydrogen-bond donors (Lipinski definition) is 1. The topological polar surface area (TPSA) is 36.2 Å². The largest absolute Gasteiger partial charge is 0.241 e. The van der Waals surface area contributed by atoms with E-state index in [-0.39, 0.29) is 0 Å². The molecule has 0 aliphatic rings. The van der Waals surface area contributed by atoms with Crippen molar-refractivity contribution in [3.8, 4) is 0 Å². The Hall–Kier alpha value is -2.18. The summed E-state index contributed by atoms with van der Waals surface area (Å²) in [5.41, 5.74) is 3.19. The lowest BCUT2D eigenvalue weighted by Gasteiger charge is -2.04. The number of nitrogens with one attached hydrogen (secondary N) is 1. The Balaban J connectivity index is 2.31. The summed E-state index contributed by atoms with van der Waals surface area (Å²) in [7, 11) is 0. The summed E-state index contributed by atoms with van der Waals surface area (Å²) in [6.45, 7) is 0. The number of benzene rings is 2. The van der Waals surface area contributed by atoms with Crippen LogP contribution >= 0.6 is 0 Å². The lowest BCUT2D eigenvalue weighted by Crippen LogP contribution is -1.87. The van der Waals surface area contributed by atoms with Gasteiger partial charge in [-0.15, -0.1) is 0 Å². The molecule has 2 rings (SSSR count). The Labute approximate surface area is 94.8 Å². The van der Waals surface area contributed by atoms with Gasteiger partial charge in [0.2, 0.25) is 0 Å². The molecule has 2 aromatic carbocycles. The van der Waals surface area contributed by atoms with Crippen molar-refractivity contribution in [1.82, 2.24) is 0 Å². The lowest BCUT2D eigenvalue weighted by molar-refractivity contribution is 1.18. The van der Waals surface area contributed by atoms with Crippen LogP contribution in [0.15, 0.2) is 59.6 Å². The Bertz CT molecular complexity index is 511. The maximum atomic E-state index is 6.90. The molecule has 2 aromatic rings. The minimum absolute atomic E-state index is 0.821. The van der Waals surface area contributed by atoms with Gasteiger partial charge in [-0.05, 0) is 23.6 Å². The molecule has 2 heteroatoms. The van der Waals surface area contributed by atoms with Crippen molar-refractivity contribution in [1.29, 1.82) is 5.41 Å². The van der Waals surface area contributed by atoms with Gasteiger partial charge in [-0.1, -0.05) is 48.5 Å².